The molecule has 0 bridgehead atoms. The molecule has 0 fully saturated rings. The van der Waals surface area contributed by atoms with Gasteiger partial charge in [0.15, 0.2) is 0 Å². The standard InChI is InChI=1S/C19H19N3O3/c1-21(19(24)17-9-8-16(25-2)10-18(17)23)12-14-11-20-22(13-14)15-6-4-3-5-7-15/h3-11,13,23H,12H2,1-2H3. The van der Waals surface area contributed by atoms with Crippen LogP contribution in [0.2, 0.25) is 0 Å². The van der Waals surface area contributed by atoms with Crippen molar-refractivity contribution in [3.63, 3.8) is 0 Å². The number of rotatable bonds is 5. The molecule has 25 heavy (non-hydrogen) atoms. The Morgan fingerprint density at radius 3 is 2.68 bits per heavy atom. The lowest BCUT2D eigenvalue weighted by atomic mass is 10.1. The number of nitrogens with zero attached hydrogens (tertiary/aromatic N) is 3. The predicted octanol–water partition coefficient (Wildman–Crippen LogP) is 2.86. The Morgan fingerprint density at radius 2 is 2.00 bits per heavy atom. The van der Waals surface area contributed by atoms with E-state index in [0.717, 1.165) is 11.3 Å². The minimum absolute atomic E-state index is 0.101. The van der Waals surface area contributed by atoms with Crippen LogP contribution in [0.4, 0.5) is 0 Å². The van der Waals surface area contributed by atoms with Crippen molar-refractivity contribution >= 4 is 5.91 Å². The van der Waals surface area contributed by atoms with Crippen molar-refractivity contribution in [3.05, 3.63) is 72.1 Å². The van der Waals surface area contributed by atoms with Crippen molar-refractivity contribution < 1.29 is 14.6 Å². The molecule has 0 saturated heterocycles. The monoisotopic (exact) mass is 337 g/mol. The van der Waals surface area contributed by atoms with Gasteiger partial charge in [-0.25, -0.2) is 4.68 Å². The van der Waals surface area contributed by atoms with Crippen LogP contribution in [0, 0.1) is 0 Å². The Bertz CT molecular complexity index is 875. The van der Waals surface area contributed by atoms with Crippen LogP contribution in [0.15, 0.2) is 60.9 Å². The topological polar surface area (TPSA) is 67.6 Å². The summed E-state index contributed by atoms with van der Waals surface area (Å²) in [6.07, 6.45) is 3.61. The largest absolute Gasteiger partial charge is 0.507 e. The maximum absolute atomic E-state index is 12.5. The first-order chi connectivity index (χ1) is 12.1. The second kappa shape index (κ2) is 7.09. The molecule has 0 unspecified atom stereocenters. The van der Waals surface area contributed by atoms with E-state index in [-0.39, 0.29) is 17.2 Å². The van der Waals surface area contributed by atoms with Crippen LogP contribution in [-0.2, 0) is 6.54 Å². The molecule has 0 aliphatic heterocycles. The van der Waals surface area contributed by atoms with E-state index in [1.54, 1.807) is 30.1 Å². The minimum atomic E-state index is -0.271. The molecule has 1 amide bonds. The zero-order valence-electron chi connectivity index (χ0n) is 14.1. The lowest BCUT2D eigenvalue weighted by molar-refractivity contribution is 0.0782. The van der Waals surface area contributed by atoms with Gasteiger partial charge in [-0.05, 0) is 24.3 Å². The van der Waals surface area contributed by atoms with Gasteiger partial charge in [-0.3, -0.25) is 4.79 Å². The highest BCUT2D eigenvalue weighted by Crippen LogP contribution is 2.24. The molecule has 0 aliphatic rings. The number of para-hydroxylation sites is 1. The van der Waals surface area contributed by atoms with Crippen molar-refractivity contribution in [1.82, 2.24) is 14.7 Å². The van der Waals surface area contributed by atoms with Gasteiger partial charge in [0.1, 0.15) is 11.5 Å². The lowest BCUT2D eigenvalue weighted by Crippen LogP contribution is -2.26. The van der Waals surface area contributed by atoms with Crippen molar-refractivity contribution in [2.45, 2.75) is 6.54 Å². The van der Waals surface area contributed by atoms with Gasteiger partial charge in [-0.2, -0.15) is 5.10 Å². The number of aromatic hydroxyl groups is 1. The quantitative estimate of drug-likeness (QED) is 0.777. The number of methoxy groups -OCH3 is 1. The van der Waals surface area contributed by atoms with Crippen molar-refractivity contribution in [2.24, 2.45) is 0 Å². The van der Waals surface area contributed by atoms with Crippen molar-refractivity contribution in [3.8, 4) is 17.2 Å². The average Bonchev–Trinajstić information content (AvgIpc) is 3.10. The highest BCUT2D eigenvalue weighted by atomic mass is 16.5. The van der Waals surface area contributed by atoms with Crippen LogP contribution < -0.4 is 4.74 Å². The van der Waals surface area contributed by atoms with Crippen LogP contribution in [0.3, 0.4) is 0 Å². The second-order valence-electron chi connectivity index (χ2n) is 5.67. The smallest absolute Gasteiger partial charge is 0.257 e. The van der Waals surface area contributed by atoms with Gasteiger partial charge < -0.3 is 14.7 Å². The molecule has 1 N–H and O–H groups in total. The number of carbonyl (C=O) groups excluding carboxylic acids is 1. The van der Waals surface area contributed by atoms with Gasteiger partial charge in [0.05, 0.1) is 24.6 Å². The number of aromatic nitrogens is 2. The minimum Gasteiger partial charge on any atom is -0.507 e. The van der Waals surface area contributed by atoms with Gasteiger partial charge in [0.25, 0.3) is 5.91 Å². The van der Waals surface area contributed by atoms with E-state index < -0.39 is 0 Å². The lowest BCUT2D eigenvalue weighted by Gasteiger charge is -2.17. The second-order valence-corrected chi connectivity index (χ2v) is 5.67. The van der Waals surface area contributed by atoms with E-state index in [0.29, 0.717) is 12.3 Å². The van der Waals surface area contributed by atoms with E-state index in [4.69, 9.17) is 4.74 Å². The summed E-state index contributed by atoms with van der Waals surface area (Å²) in [7, 11) is 3.19. The third-order valence-electron chi connectivity index (χ3n) is 3.86. The van der Waals surface area contributed by atoms with Gasteiger partial charge in [-0.1, -0.05) is 18.2 Å². The number of phenolic OH excluding ortho intramolecular Hbond substituents is 1. The summed E-state index contributed by atoms with van der Waals surface area (Å²) in [5, 5.41) is 14.3. The molecule has 6 heteroatoms. The third kappa shape index (κ3) is 3.63. The van der Waals surface area contributed by atoms with Crippen molar-refractivity contribution in [2.75, 3.05) is 14.2 Å². The Labute approximate surface area is 145 Å². The summed E-state index contributed by atoms with van der Waals surface area (Å²) in [4.78, 5) is 14.1. The van der Waals surface area contributed by atoms with Crippen LogP contribution in [0.5, 0.6) is 11.5 Å². The molecule has 1 heterocycles. The Kier molecular flexibility index (Phi) is 4.70. The molecule has 0 aliphatic carbocycles. The highest BCUT2D eigenvalue weighted by molar-refractivity contribution is 5.96. The zero-order valence-corrected chi connectivity index (χ0v) is 14.1. The van der Waals surface area contributed by atoms with Gasteiger partial charge in [-0.15, -0.1) is 0 Å². The summed E-state index contributed by atoms with van der Waals surface area (Å²) in [5.74, 6) is 0.129. The van der Waals surface area contributed by atoms with Crippen LogP contribution in [0.1, 0.15) is 15.9 Å². The summed E-state index contributed by atoms with van der Waals surface area (Å²) >= 11 is 0. The molecular formula is C19H19N3O3. The molecular weight excluding hydrogens is 318 g/mol. The molecule has 0 radical (unpaired) electrons. The number of benzene rings is 2. The third-order valence-corrected chi connectivity index (χ3v) is 3.86. The van der Waals surface area contributed by atoms with Gasteiger partial charge >= 0.3 is 0 Å². The first kappa shape index (κ1) is 16.6. The fourth-order valence-corrected chi connectivity index (χ4v) is 2.53. The molecule has 3 aromatic rings. The van der Waals surface area contributed by atoms with E-state index in [1.807, 2.05) is 36.5 Å². The molecule has 0 saturated carbocycles. The van der Waals surface area contributed by atoms with Crippen LogP contribution in [-0.4, -0.2) is 39.9 Å². The van der Waals surface area contributed by atoms with E-state index in [1.165, 1.54) is 18.1 Å². The van der Waals surface area contributed by atoms with Gasteiger partial charge in [0.2, 0.25) is 0 Å². The zero-order chi connectivity index (χ0) is 17.8. The fourth-order valence-electron chi connectivity index (χ4n) is 2.53. The number of ether oxygens (including phenoxy) is 1. The summed E-state index contributed by atoms with van der Waals surface area (Å²) in [5.41, 5.74) is 2.09. The molecule has 2 aromatic carbocycles. The molecule has 0 spiro atoms. The molecule has 128 valence electrons. The molecule has 0 atom stereocenters. The number of hydrogen-bond acceptors (Lipinski definition) is 4. The van der Waals surface area contributed by atoms with E-state index in [2.05, 4.69) is 5.10 Å². The average molecular weight is 337 g/mol. The summed E-state index contributed by atoms with van der Waals surface area (Å²) in [6.45, 7) is 0.386. The number of hydrogen-bond donors (Lipinski definition) is 1. The maximum Gasteiger partial charge on any atom is 0.257 e. The van der Waals surface area contributed by atoms with Gasteiger partial charge in [0, 0.05) is 31.4 Å². The molecule has 6 nitrogen and oxygen atoms in total. The van der Waals surface area contributed by atoms with Crippen LogP contribution >= 0.6 is 0 Å². The SMILES string of the molecule is COc1ccc(C(=O)N(C)Cc2cnn(-c3ccccc3)c2)c(O)c1. The Balaban J connectivity index is 1.73. The predicted molar refractivity (Wildman–Crippen MR) is 94.0 cm³/mol. The molecule has 1 aromatic heterocycles. The maximum atomic E-state index is 12.5. The first-order valence-corrected chi connectivity index (χ1v) is 7.80. The highest BCUT2D eigenvalue weighted by Gasteiger charge is 2.17. The number of phenols is 1. The summed E-state index contributed by atoms with van der Waals surface area (Å²) in [6, 6.07) is 14.4. The summed E-state index contributed by atoms with van der Waals surface area (Å²) < 4.78 is 6.80. The van der Waals surface area contributed by atoms with E-state index in [9.17, 15) is 9.90 Å². The van der Waals surface area contributed by atoms with Crippen LogP contribution in [0.25, 0.3) is 5.69 Å². The fraction of sp³-hybridized carbons (Fsp3) is 0.158. The Morgan fingerprint density at radius 1 is 1.24 bits per heavy atom. The number of amides is 1. The number of carbonyl (C=O) groups is 1. The Hall–Kier alpha value is -3.28. The van der Waals surface area contributed by atoms with Crippen molar-refractivity contribution in [1.29, 1.82) is 0 Å². The van der Waals surface area contributed by atoms with E-state index >= 15 is 0 Å². The molecule has 3 rings (SSSR count). The normalized spacial score (nSPS) is 10.5. The first-order valence-electron chi connectivity index (χ1n) is 7.80.